The fourth-order valence-electron chi connectivity index (χ4n) is 1.88. The Morgan fingerprint density at radius 2 is 1.63 bits per heavy atom. The molecule has 2 aromatic carbocycles. The van der Waals surface area contributed by atoms with E-state index in [1.807, 2.05) is 12.1 Å². The summed E-state index contributed by atoms with van der Waals surface area (Å²) in [5.41, 5.74) is 2.55. The molecular formula is C17H19BrO. The van der Waals surface area contributed by atoms with Gasteiger partial charge in [0.2, 0.25) is 0 Å². The number of ether oxygens (including phenoxy) is 1. The molecule has 2 rings (SSSR count). The summed E-state index contributed by atoms with van der Waals surface area (Å²) in [5.74, 6) is 1.54. The van der Waals surface area contributed by atoms with Gasteiger partial charge in [0.1, 0.15) is 12.4 Å². The molecular weight excluding hydrogens is 300 g/mol. The molecule has 0 bridgehead atoms. The predicted molar refractivity (Wildman–Crippen MR) is 83.6 cm³/mol. The third-order valence-electron chi connectivity index (χ3n) is 3.38. The van der Waals surface area contributed by atoms with E-state index in [2.05, 4.69) is 66.2 Å². The van der Waals surface area contributed by atoms with Crippen molar-refractivity contribution in [2.24, 2.45) is 0 Å². The van der Waals surface area contributed by atoms with Gasteiger partial charge < -0.3 is 4.74 Å². The lowest BCUT2D eigenvalue weighted by Crippen LogP contribution is -1.96. The molecule has 1 unspecified atom stereocenters. The van der Waals surface area contributed by atoms with E-state index in [0.717, 1.165) is 10.2 Å². The van der Waals surface area contributed by atoms with Crippen LogP contribution in [0.15, 0.2) is 53.0 Å². The van der Waals surface area contributed by atoms with E-state index in [0.29, 0.717) is 12.5 Å². The van der Waals surface area contributed by atoms with E-state index in [-0.39, 0.29) is 0 Å². The van der Waals surface area contributed by atoms with E-state index in [9.17, 15) is 0 Å². The first-order chi connectivity index (χ1) is 9.19. The minimum atomic E-state index is 0.607. The molecule has 0 amide bonds. The zero-order valence-corrected chi connectivity index (χ0v) is 13.0. The average Bonchev–Trinajstić information content (AvgIpc) is 2.46. The summed E-state index contributed by atoms with van der Waals surface area (Å²) in [6, 6.07) is 16.6. The number of rotatable bonds is 5. The van der Waals surface area contributed by atoms with Crippen molar-refractivity contribution in [1.82, 2.24) is 0 Å². The molecule has 0 aliphatic rings. The zero-order chi connectivity index (χ0) is 13.7. The average molecular weight is 319 g/mol. The van der Waals surface area contributed by atoms with Crippen LogP contribution in [0.25, 0.3) is 0 Å². The maximum absolute atomic E-state index is 5.78. The number of benzene rings is 2. The van der Waals surface area contributed by atoms with Crippen LogP contribution in [0.4, 0.5) is 0 Å². The molecule has 0 N–H and O–H groups in total. The monoisotopic (exact) mass is 318 g/mol. The highest BCUT2D eigenvalue weighted by Crippen LogP contribution is 2.22. The number of halogens is 1. The maximum atomic E-state index is 5.78. The lowest BCUT2D eigenvalue weighted by molar-refractivity contribution is 0.306. The topological polar surface area (TPSA) is 9.23 Å². The van der Waals surface area contributed by atoms with Gasteiger partial charge >= 0.3 is 0 Å². The highest BCUT2D eigenvalue weighted by atomic mass is 79.9. The fourth-order valence-corrected chi connectivity index (χ4v) is 2.14. The molecule has 0 saturated heterocycles. The minimum absolute atomic E-state index is 0.607. The van der Waals surface area contributed by atoms with Gasteiger partial charge in [-0.25, -0.2) is 0 Å². The molecule has 0 aromatic heterocycles. The third-order valence-corrected chi connectivity index (χ3v) is 3.91. The molecule has 0 heterocycles. The standard InChI is InChI=1S/C17H19BrO/c1-3-13(2)15-6-10-17(11-7-15)19-12-14-4-8-16(18)9-5-14/h4-11,13H,3,12H2,1-2H3. The maximum Gasteiger partial charge on any atom is 0.119 e. The summed E-state index contributed by atoms with van der Waals surface area (Å²) < 4.78 is 6.88. The van der Waals surface area contributed by atoms with Crippen LogP contribution in [0.5, 0.6) is 5.75 Å². The van der Waals surface area contributed by atoms with E-state index < -0.39 is 0 Å². The highest BCUT2D eigenvalue weighted by molar-refractivity contribution is 9.10. The molecule has 0 spiro atoms. The van der Waals surface area contributed by atoms with Crippen LogP contribution >= 0.6 is 15.9 Å². The second kappa shape index (κ2) is 6.76. The second-order valence-electron chi connectivity index (χ2n) is 4.79. The van der Waals surface area contributed by atoms with E-state index in [4.69, 9.17) is 4.74 Å². The Balaban J connectivity index is 1.94. The Morgan fingerprint density at radius 1 is 1.00 bits per heavy atom. The highest BCUT2D eigenvalue weighted by Gasteiger charge is 2.03. The van der Waals surface area contributed by atoms with Crippen LogP contribution in [0.3, 0.4) is 0 Å². The smallest absolute Gasteiger partial charge is 0.119 e. The first kappa shape index (κ1) is 14.1. The quantitative estimate of drug-likeness (QED) is 0.703. The van der Waals surface area contributed by atoms with Crippen molar-refractivity contribution >= 4 is 15.9 Å². The van der Waals surface area contributed by atoms with Gasteiger partial charge in [-0.05, 0) is 47.7 Å². The van der Waals surface area contributed by atoms with Crippen LogP contribution in [0, 0.1) is 0 Å². The van der Waals surface area contributed by atoms with Crippen molar-refractivity contribution in [3.8, 4) is 5.75 Å². The summed E-state index contributed by atoms with van der Waals surface area (Å²) in [7, 11) is 0. The molecule has 1 atom stereocenters. The Labute approximate surface area is 123 Å². The lowest BCUT2D eigenvalue weighted by Gasteiger charge is -2.11. The van der Waals surface area contributed by atoms with Crippen molar-refractivity contribution in [1.29, 1.82) is 0 Å². The normalized spacial score (nSPS) is 12.2. The minimum Gasteiger partial charge on any atom is -0.489 e. The Morgan fingerprint density at radius 3 is 2.21 bits per heavy atom. The fraction of sp³-hybridized carbons (Fsp3) is 0.294. The van der Waals surface area contributed by atoms with Crippen LogP contribution in [-0.4, -0.2) is 0 Å². The molecule has 0 radical (unpaired) electrons. The molecule has 0 saturated carbocycles. The van der Waals surface area contributed by atoms with Crippen LogP contribution in [0.2, 0.25) is 0 Å². The molecule has 0 aliphatic heterocycles. The third kappa shape index (κ3) is 4.10. The molecule has 1 nitrogen and oxygen atoms in total. The number of hydrogen-bond acceptors (Lipinski definition) is 1. The molecule has 2 aromatic rings. The molecule has 19 heavy (non-hydrogen) atoms. The van der Waals surface area contributed by atoms with Crippen LogP contribution < -0.4 is 4.74 Å². The number of hydrogen-bond donors (Lipinski definition) is 0. The first-order valence-corrected chi connectivity index (χ1v) is 7.45. The van der Waals surface area contributed by atoms with Gasteiger partial charge in [0.05, 0.1) is 0 Å². The zero-order valence-electron chi connectivity index (χ0n) is 11.4. The van der Waals surface area contributed by atoms with E-state index in [1.54, 1.807) is 0 Å². The second-order valence-corrected chi connectivity index (χ2v) is 5.71. The van der Waals surface area contributed by atoms with Crippen LogP contribution in [0.1, 0.15) is 37.3 Å². The SMILES string of the molecule is CCC(C)c1ccc(OCc2ccc(Br)cc2)cc1. The Hall–Kier alpha value is -1.28. The van der Waals surface area contributed by atoms with Gasteiger partial charge in [-0.3, -0.25) is 0 Å². The van der Waals surface area contributed by atoms with Gasteiger partial charge in [-0.15, -0.1) is 0 Å². The van der Waals surface area contributed by atoms with Crippen molar-refractivity contribution < 1.29 is 4.74 Å². The summed E-state index contributed by atoms with van der Waals surface area (Å²) >= 11 is 3.43. The summed E-state index contributed by atoms with van der Waals surface area (Å²) in [6.07, 6.45) is 1.17. The molecule has 2 heteroatoms. The van der Waals surface area contributed by atoms with Gasteiger partial charge in [0, 0.05) is 4.47 Å². The van der Waals surface area contributed by atoms with E-state index >= 15 is 0 Å². The predicted octanol–water partition coefficient (Wildman–Crippen LogP) is 5.54. The van der Waals surface area contributed by atoms with Gasteiger partial charge in [-0.1, -0.05) is 54.0 Å². The first-order valence-electron chi connectivity index (χ1n) is 6.66. The van der Waals surface area contributed by atoms with Gasteiger partial charge in [-0.2, -0.15) is 0 Å². The summed E-state index contributed by atoms with van der Waals surface area (Å²) in [5, 5.41) is 0. The van der Waals surface area contributed by atoms with Crippen molar-refractivity contribution in [2.45, 2.75) is 32.8 Å². The summed E-state index contributed by atoms with van der Waals surface area (Å²) in [4.78, 5) is 0. The largest absolute Gasteiger partial charge is 0.489 e. The molecule has 0 aliphatic carbocycles. The Kier molecular flexibility index (Phi) is 5.03. The van der Waals surface area contributed by atoms with Gasteiger partial charge in [0.25, 0.3) is 0 Å². The van der Waals surface area contributed by atoms with Crippen molar-refractivity contribution in [3.63, 3.8) is 0 Å². The summed E-state index contributed by atoms with van der Waals surface area (Å²) in [6.45, 7) is 5.07. The molecule has 100 valence electrons. The van der Waals surface area contributed by atoms with Crippen molar-refractivity contribution in [2.75, 3.05) is 0 Å². The van der Waals surface area contributed by atoms with Crippen LogP contribution in [-0.2, 0) is 6.61 Å². The lowest BCUT2D eigenvalue weighted by atomic mass is 9.99. The van der Waals surface area contributed by atoms with Gasteiger partial charge in [0.15, 0.2) is 0 Å². The van der Waals surface area contributed by atoms with Crippen molar-refractivity contribution in [3.05, 3.63) is 64.1 Å². The molecule has 0 fully saturated rings. The Bertz CT molecular complexity index is 502. The van der Waals surface area contributed by atoms with E-state index in [1.165, 1.54) is 17.5 Å².